The minimum Gasteiger partial charge on any atom is -0.495 e. The molecule has 0 fully saturated rings. The number of hydrogen-bond donors (Lipinski definition) is 2. The van der Waals surface area contributed by atoms with Gasteiger partial charge in [0.05, 0.1) is 12.8 Å². The molecule has 0 saturated carbocycles. The largest absolute Gasteiger partial charge is 0.508 e. The average molecular weight is 242 g/mol. The molecule has 3 N–H and O–H groups in total. The first-order valence-corrected chi connectivity index (χ1v) is 6.44. The summed E-state index contributed by atoms with van der Waals surface area (Å²) in [5.74, 6) is 0.612. The molecule has 0 amide bonds. The molecule has 2 unspecified atom stereocenters. The van der Waals surface area contributed by atoms with Gasteiger partial charge in [0, 0.05) is 6.42 Å². The van der Waals surface area contributed by atoms with E-state index < -0.39 is 8.03 Å². The first kappa shape index (κ1) is 12.9. The summed E-state index contributed by atoms with van der Waals surface area (Å²) in [7, 11) is -0.576. The Kier molecular flexibility index (Phi) is 4.71. The van der Waals surface area contributed by atoms with Crippen molar-refractivity contribution in [1.29, 1.82) is 0 Å². The molecular formula is C11H17NO3P+. The lowest BCUT2D eigenvalue weighted by molar-refractivity contribution is 0.416. The second-order valence-corrected chi connectivity index (χ2v) is 4.98. The van der Waals surface area contributed by atoms with Crippen LogP contribution in [0, 0.1) is 0 Å². The first-order chi connectivity index (χ1) is 7.58. The van der Waals surface area contributed by atoms with Gasteiger partial charge < -0.3 is 10.5 Å². The Bertz CT molecular complexity index is 381. The van der Waals surface area contributed by atoms with Crippen molar-refractivity contribution in [3.05, 3.63) is 23.8 Å². The van der Waals surface area contributed by atoms with Crippen molar-refractivity contribution in [2.75, 3.05) is 12.8 Å². The second-order valence-electron chi connectivity index (χ2n) is 3.65. The molecule has 2 atom stereocenters. The fourth-order valence-electron chi connectivity index (χ4n) is 1.53. The van der Waals surface area contributed by atoms with Crippen LogP contribution in [0.15, 0.2) is 18.2 Å². The molecule has 0 saturated heterocycles. The maximum atomic E-state index is 11.0. The number of hydrogen-bond acceptors (Lipinski definition) is 3. The Morgan fingerprint density at radius 1 is 1.56 bits per heavy atom. The van der Waals surface area contributed by atoms with Gasteiger partial charge in [0.2, 0.25) is 0 Å². The summed E-state index contributed by atoms with van der Waals surface area (Å²) >= 11 is 0. The number of ether oxygens (including phenoxy) is 1. The summed E-state index contributed by atoms with van der Waals surface area (Å²) in [4.78, 5) is 9.11. The van der Waals surface area contributed by atoms with E-state index in [2.05, 4.69) is 0 Å². The highest BCUT2D eigenvalue weighted by Crippen LogP contribution is 2.30. The third-order valence-corrected chi connectivity index (χ3v) is 3.73. The van der Waals surface area contributed by atoms with Crippen LogP contribution in [-0.2, 0) is 11.0 Å². The predicted molar refractivity (Wildman–Crippen MR) is 65.0 cm³/mol. The van der Waals surface area contributed by atoms with Crippen molar-refractivity contribution in [1.82, 2.24) is 0 Å². The molecule has 0 aliphatic rings. The molecule has 1 aromatic rings. The van der Waals surface area contributed by atoms with Crippen LogP contribution < -0.4 is 10.5 Å². The van der Waals surface area contributed by atoms with Crippen LogP contribution in [0.25, 0.3) is 0 Å². The van der Waals surface area contributed by atoms with Crippen LogP contribution in [0.1, 0.15) is 18.9 Å². The lowest BCUT2D eigenvalue weighted by Gasteiger charge is -2.07. The minimum atomic E-state index is -2.13. The topological polar surface area (TPSA) is 72.5 Å². The number of methoxy groups -OCH3 is 1. The van der Waals surface area contributed by atoms with Gasteiger partial charge in [-0.05, 0) is 28.7 Å². The highest BCUT2D eigenvalue weighted by Gasteiger charge is 2.27. The summed E-state index contributed by atoms with van der Waals surface area (Å²) < 4.78 is 16.1. The summed E-state index contributed by atoms with van der Waals surface area (Å²) in [6.07, 6.45) is 1.25. The Balaban J connectivity index is 2.84. The van der Waals surface area contributed by atoms with E-state index in [1.54, 1.807) is 13.2 Å². The monoisotopic (exact) mass is 242 g/mol. The molecule has 88 valence electrons. The van der Waals surface area contributed by atoms with Crippen molar-refractivity contribution in [2.45, 2.75) is 25.4 Å². The van der Waals surface area contributed by atoms with E-state index in [0.29, 0.717) is 24.3 Å². The highest BCUT2D eigenvalue weighted by molar-refractivity contribution is 7.38. The molecule has 0 radical (unpaired) electrons. The molecule has 0 spiro atoms. The Morgan fingerprint density at radius 2 is 2.25 bits per heavy atom. The molecule has 0 bridgehead atoms. The lowest BCUT2D eigenvalue weighted by Crippen LogP contribution is -2.05. The third-order valence-electron chi connectivity index (χ3n) is 2.55. The second kappa shape index (κ2) is 5.83. The number of anilines is 1. The van der Waals surface area contributed by atoms with Crippen molar-refractivity contribution < 1.29 is 14.2 Å². The fraction of sp³-hybridized carbons (Fsp3) is 0.455. The summed E-state index contributed by atoms with van der Waals surface area (Å²) in [5.41, 5.74) is 7.03. The van der Waals surface area contributed by atoms with Crippen LogP contribution in [0.4, 0.5) is 5.69 Å². The SMILES string of the molecule is CCC(Cc1ccc(N)c(OC)c1)[P+](=O)O. The van der Waals surface area contributed by atoms with Gasteiger partial charge in [0.1, 0.15) is 5.75 Å². The predicted octanol–water partition coefficient (Wildman–Crippen LogP) is 2.33. The van der Waals surface area contributed by atoms with Crippen molar-refractivity contribution in [3.63, 3.8) is 0 Å². The zero-order valence-corrected chi connectivity index (χ0v) is 10.4. The van der Waals surface area contributed by atoms with Gasteiger partial charge in [0.15, 0.2) is 5.66 Å². The molecule has 0 heterocycles. The van der Waals surface area contributed by atoms with Crippen LogP contribution >= 0.6 is 8.03 Å². The Morgan fingerprint density at radius 3 is 2.75 bits per heavy atom. The van der Waals surface area contributed by atoms with E-state index in [1.165, 1.54) is 0 Å². The van der Waals surface area contributed by atoms with Gasteiger partial charge in [0.25, 0.3) is 0 Å². The van der Waals surface area contributed by atoms with Crippen LogP contribution in [0.2, 0.25) is 0 Å². The Hall–Kier alpha value is -1.12. The van der Waals surface area contributed by atoms with Crippen molar-refractivity contribution in [2.24, 2.45) is 0 Å². The average Bonchev–Trinajstić information content (AvgIpc) is 2.27. The van der Waals surface area contributed by atoms with E-state index in [0.717, 1.165) is 5.56 Å². The first-order valence-electron chi connectivity index (χ1n) is 5.16. The maximum absolute atomic E-state index is 11.0. The number of rotatable bonds is 5. The summed E-state index contributed by atoms with van der Waals surface area (Å²) in [6, 6.07) is 5.43. The van der Waals surface area contributed by atoms with E-state index >= 15 is 0 Å². The zero-order chi connectivity index (χ0) is 12.1. The number of benzene rings is 1. The van der Waals surface area contributed by atoms with E-state index in [-0.39, 0.29) is 5.66 Å². The van der Waals surface area contributed by atoms with Crippen LogP contribution in [0.3, 0.4) is 0 Å². The minimum absolute atomic E-state index is 0.205. The number of nitrogen functional groups attached to an aromatic ring is 1. The van der Waals surface area contributed by atoms with E-state index in [9.17, 15) is 4.57 Å². The Labute approximate surface area is 96.3 Å². The highest BCUT2D eigenvalue weighted by atomic mass is 31.1. The molecule has 4 nitrogen and oxygen atoms in total. The molecule has 0 aromatic heterocycles. The molecule has 0 aliphatic heterocycles. The smallest absolute Gasteiger partial charge is 0.495 e. The normalized spacial score (nSPS) is 13.3. The van der Waals surface area contributed by atoms with Gasteiger partial charge in [-0.2, -0.15) is 4.89 Å². The van der Waals surface area contributed by atoms with E-state index in [1.807, 2.05) is 19.1 Å². The molecule has 1 aromatic carbocycles. The van der Waals surface area contributed by atoms with Gasteiger partial charge >= 0.3 is 8.03 Å². The third kappa shape index (κ3) is 3.19. The van der Waals surface area contributed by atoms with Crippen LogP contribution in [-0.4, -0.2) is 17.7 Å². The summed E-state index contributed by atoms with van der Waals surface area (Å²) in [6.45, 7) is 1.91. The van der Waals surface area contributed by atoms with Crippen molar-refractivity contribution in [3.8, 4) is 5.75 Å². The molecule has 0 aliphatic carbocycles. The summed E-state index contributed by atoms with van der Waals surface area (Å²) in [5, 5.41) is 0. The van der Waals surface area contributed by atoms with Gasteiger partial charge in [-0.25, -0.2) is 0 Å². The lowest BCUT2D eigenvalue weighted by atomic mass is 10.1. The fourth-order valence-corrected chi connectivity index (χ4v) is 2.21. The van der Waals surface area contributed by atoms with Gasteiger partial charge in [-0.1, -0.05) is 13.0 Å². The molecule has 1 rings (SSSR count). The molecule has 16 heavy (non-hydrogen) atoms. The van der Waals surface area contributed by atoms with Gasteiger partial charge in [-0.3, -0.25) is 0 Å². The molecular weight excluding hydrogens is 225 g/mol. The quantitative estimate of drug-likeness (QED) is 0.614. The molecule has 5 heteroatoms. The standard InChI is InChI=1S/C11H16NO3P/c1-3-9(16(13)14)6-8-4-5-10(12)11(7-8)15-2/h4-5,7,9H,3,6,12H2,1-2H3/p+1. The van der Waals surface area contributed by atoms with E-state index in [4.69, 9.17) is 15.4 Å². The maximum Gasteiger partial charge on any atom is 0.508 e. The zero-order valence-electron chi connectivity index (χ0n) is 9.51. The number of nitrogens with two attached hydrogens (primary N) is 1. The van der Waals surface area contributed by atoms with Crippen LogP contribution in [0.5, 0.6) is 5.75 Å². The van der Waals surface area contributed by atoms with Crippen molar-refractivity contribution >= 4 is 13.7 Å². The van der Waals surface area contributed by atoms with Gasteiger partial charge in [-0.15, -0.1) is 0 Å².